The van der Waals surface area contributed by atoms with E-state index in [2.05, 4.69) is 11.9 Å². The molecule has 0 aliphatic carbocycles. The van der Waals surface area contributed by atoms with Gasteiger partial charge in [-0.1, -0.05) is 18.2 Å². The summed E-state index contributed by atoms with van der Waals surface area (Å²) in [7, 11) is 1.60. The predicted octanol–water partition coefficient (Wildman–Crippen LogP) is 2.08. The number of hydrogen-bond acceptors (Lipinski definition) is 4. The van der Waals surface area contributed by atoms with Gasteiger partial charge in [0.15, 0.2) is 0 Å². The Balaban J connectivity index is 1.95. The summed E-state index contributed by atoms with van der Waals surface area (Å²) >= 11 is 0. The number of nitrogens with zero attached hydrogens (tertiary/aromatic N) is 2. The Morgan fingerprint density at radius 2 is 2.04 bits per heavy atom. The van der Waals surface area contributed by atoms with E-state index in [-0.39, 0.29) is 11.9 Å². The first-order valence-electron chi connectivity index (χ1n) is 9.03. The number of nitrogens with one attached hydrogen (secondary N) is 1. The molecule has 2 aliphatic rings. The molecule has 0 radical (unpaired) electrons. The molecule has 0 spiro atoms. The maximum atomic E-state index is 13.0. The number of carbonyl (C=O) groups is 2. The summed E-state index contributed by atoms with van der Waals surface area (Å²) in [6.07, 6.45) is 1.66. The van der Waals surface area contributed by atoms with E-state index < -0.39 is 6.04 Å². The van der Waals surface area contributed by atoms with Gasteiger partial charge in [-0.2, -0.15) is 0 Å². The number of rotatable bonds is 8. The van der Waals surface area contributed by atoms with Gasteiger partial charge in [0.2, 0.25) is 0 Å². The van der Waals surface area contributed by atoms with Gasteiger partial charge in [0.25, 0.3) is 5.91 Å². The van der Waals surface area contributed by atoms with Crippen LogP contribution < -0.4 is 10.1 Å². The SMILES string of the molecule is C=CCN1C(=O)NC(c2ccc(OCC)cc2)C2=C1CN(CCOC)C2=O. The van der Waals surface area contributed by atoms with Crippen LogP contribution in [0.3, 0.4) is 0 Å². The zero-order chi connectivity index (χ0) is 19.4. The number of ether oxygens (including phenoxy) is 2. The average Bonchev–Trinajstić information content (AvgIpc) is 2.99. The number of methoxy groups -OCH3 is 1. The summed E-state index contributed by atoms with van der Waals surface area (Å²) in [6.45, 7) is 7.90. The van der Waals surface area contributed by atoms with E-state index in [0.717, 1.165) is 17.0 Å². The second kappa shape index (κ2) is 8.26. The smallest absolute Gasteiger partial charge is 0.322 e. The lowest BCUT2D eigenvalue weighted by molar-refractivity contribution is -0.126. The maximum absolute atomic E-state index is 13.0. The van der Waals surface area contributed by atoms with Crippen molar-refractivity contribution < 1.29 is 19.1 Å². The maximum Gasteiger partial charge on any atom is 0.322 e. The molecule has 1 atom stereocenters. The fourth-order valence-electron chi connectivity index (χ4n) is 3.43. The Morgan fingerprint density at radius 3 is 2.67 bits per heavy atom. The van der Waals surface area contributed by atoms with E-state index in [4.69, 9.17) is 9.47 Å². The summed E-state index contributed by atoms with van der Waals surface area (Å²) in [5.74, 6) is 0.681. The molecule has 2 heterocycles. The third-order valence-corrected chi connectivity index (χ3v) is 4.70. The zero-order valence-electron chi connectivity index (χ0n) is 15.7. The van der Waals surface area contributed by atoms with Crippen LogP contribution in [0.15, 0.2) is 48.2 Å². The minimum Gasteiger partial charge on any atom is -0.494 e. The van der Waals surface area contributed by atoms with Crippen molar-refractivity contribution in [2.24, 2.45) is 0 Å². The van der Waals surface area contributed by atoms with Gasteiger partial charge in [0.05, 0.1) is 37.1 Å². The van der Waals surface area contributed by atoms with Gasteiger partial charge in [-0.25, -0.2) is 4.79 Å². The molecule has 3 amide bonds. The van der Waals surface area contributed by atoms with Crippen LogP contribution in [0.4, 0.5) is 4.79 Å². The van der Waals surface area contributed by atoms with Crippen molar-refractivity contribution in [1.82, 2.24) is 15.1 Å². The van der Waals surface area contributed by atoms with Crippen LogP contribution in [0, 0.1) is 0 Å². The molecule has 0 saturated carbocycles. The third kappa shape index (κ3) is 3.68. The first-order valence-corrected chi connectivity index (χ1v) is 9.03. The molecular weight excluding hydrogens is 346 g/mol. The lowest BCUT2D eigenvalue weighted by Crippen LogP contribution is -2.47. The van der Waals surface area contributed by atoms with Crippen LogP contribution in [-0.4, -0.2) is 61.7 Å². The summed E-state index contributed by atoms with van der Waals surface area (Å²) in [6, 6.07) is 6.76. The van der Waals surface area contributed by atoms with Crippen molar-refractivity contribution in [2.75, 3.05) is 40.0 Å². The molecule has 27 heavy (non-hydrogen) atoms. The molecule has 0 fully saturated rings. The lowest BCUT2D eigenvalue weighted by atomic mass is 9.95. The highest BCUT2D eigenvalue weighted by Crippen LogP contribution is 2.36. The van der Waals surface area contributed by atoms with Gasteiger partial charge in [-0.15, -0.1) is 6.58 Å². The van der Waals surface area contributed by atoms with Crippen LogP contribution in [0.2, 0.25) is 0 Å². The molecule has 1 unspecified atom stereocenters. The van der Waals surface area contributed by atoms with Crippen molar-refractivity contribution in [2.45, 2.75) is 13.0 Å². The summed E-state index contributed by atoms with van der Waals surface area (Å²) in [4.78, 5) is 29.0. The number of carbonyl (C=O) groups excluding carboxylic acids is 2. The molecule has 0 saturated heterocycles. The van der Waals surface area contributed by atoms with Gasteiger partial charge in [-0.3, -0.25) is 9.69 Å². The Bertz CT molecular complexity index is 757. The summed E-state index contributed by atoms with van der Waals surface area (Å²) in [5.41, 5.74) is 2.19. The van der Waals surface area contributed by atoms with E-state index in [0.29, 0.717) is 38.4 Å². The van der Waals surface area contributed by atoms with Crippen LogP contribution in [0.1, 0.15) is 18.5 Å². The average molecular weight is 371 g/mol. The molecule has 7 nitrogen and oxygen atoms in total. The first-order chi connectivity index (χ1) is 13.1. The quantitative estimate of drug-likeness (QED) is 0.711. The van der Waals surface area contributed by atoms with E-state index in [9.17, 15) is 9.59 Å². The Labute approximate surface area is 159 Å². The first kappa shape index (κ1) is 19.0. The second-order valence-corrected chi connectivity index (χ2v) is 6.36. The molecule has 144 valence electrons. The normalized spacial score (nSPS) is 19.3. The van der Waals surface area contributed by atoms with E-state index >= 15 is 0 Å². The number of hydrogen-bond donors (Lipinski definition) is 1. The molecular formula is C20H25N3O4. The number of urea groups is 1. The molecule has 2 aliphatic heterocycles. The van der Waals surface area contributed by atoms with E-state index in [1.54, 1.807) is 23.0 Å². The molecule has 0 aromatic heterocycles. The van der Waals surface area contributed by atoms with Crippen LogP contribution >= 0.6 is 0 Å². The van der Waals surface area contributed by atoms with Crippen molar-refractivity contribution in [3.63, 3.8) is 0 Å². The minimum absolute atomic E-state index is 0.0741. The number of benzene rings is 1. The van der Waals surface area contributed by atoms with Gasteiger partial charge in [0, 0.05) is 20.2 Å². The third-order valence-electron chi connectivity index (χ3n) is 4.70. The van der Waals surface area contributed by atoms with Crippen molar-refractivity contribution in [3.05, 3.63) is 53.8 Å². The Hall–Kier alpha value is -2.80. The molecule has 1 aromatic rings. The molecule has 3 rings (SSSR count). The fraction of sp³-hybridized carbons (Fsp3) is 0.400. The van der Waals surface area contributed by atoms with Crippen LogP contribution in [-0.2, 0) is 9.53 Å². The summed E-state index contributed by atoms with van der Waals surface area (Å²) in [5, 5.41) is 2.96. The zero-order valence-corrected chi connectivity index (χ0v) is 15.7. The van der Waals surface area contributed by atoms with Gasteiger partial charge < -0.3 is 19.7 Å². The van der Waals surface area contributed by atoms with Gasteiger partial charge >= 0.3 is 6.03 Å². The molecule has 7 heteroatoms. The van der Waals surface area contributed by atoms with Crippen LogP contribution in [0.25, 0.3) is 0 Å². The monoisotopic (exact) mass is 371 g/mol. The van der Waals surface area contributed by atoms with Crippen molar-refractivity contribution >= 4 is 11.9 Å². The standard InChI is InChI=1S/C20H25N3O4/c1-4-10-23-16-13-22(11-12-26-3)19(24)17(16)18(21-20(23)25)14-6-8-15(9-7-14)27-5-2/h4,6-9,18H,1,5,10-13H2,2-3H3,(H,21,25). The topological polar surface area (TPSA) is 71.1 Å². The van der Waals surface area contributed by atoms with Gasteiger partial charge in [-0.05, 0) is 24.6 Å². The van der Waals surface area contributed by atoms with E-state index in [1.807, 2.05) is 31.2 Å². The van der Waals surface area contributed by atoms with E-state index in [1.165, 1.54) is 0 Å². The predicted molar refractivity (Wildman–Crippen MR) is 101 cm³/mol. The lowest BCUT2D eigenvalue weighted by Gasteiger charge is -2.33. The fourth-order valence-corrected chi connectivity index (χ4v) is 3.43. The van der Waals surface area contributed by atoms with Gasteiger partial charge in [0.1, 0.15) is 5.75 Å². The number of amides is 3. The highest BCUT2D eigenvalue weighted by atomic mass is 16.5. The van der Waals surface area contributed by atoms with Crippen molar-refractivity contribution in [3.8, 4) is 5.75 Å². The Morgan fingerprint density at radius 1 is 1.30 bits per heavy atom. The largest absolute Gasteiger partial charge is 0.494 e. The highest BCUT2D eigenvalue weighted by molar-refractivity contribution is 6.01. The Kier molecular flexibility index (Phi) is 5.81. The minimum atomic E-state index is -0.482. The summed E-state index contributed by atoms with van der Waals surface area (Å²) < 4.78 is 10.6. The van der Waals surface area contributed by atoms with Crippen LogP contribution in [0.5, 0.6) is 5.75 Å². The molecule has 1 N–H and O–H groups in total. The molecule has 0 bridgehead atoms. The molecule has 1 aromatic carbocycles. The van der Waals surface area contributed by atoms with Crippen molar-refractivity contribution in [1.29, 1.82) is 0 Å². The second-order valence-electron chi connectivity index (χ2n) is 6.36. The highest BCUT2D eigenvalue weighted by Gasteiger charge is 2.43.